The minimum atomic E-state index is -0.288. The van der Waals surface area contributed by atoms with Crippen LogP contribution in [0.15, 0.2) is 48.5 Å². The second kappa shape index (κ2) is 6.71. The molecule has 3 aromatic rings. The molecule has 0 fully saturated rings. The van der Waals surface area contributed by atoms with Crippen molar-refractivity contribution in [2.75, 3.05) is 0 Å². The average molecular weight is 322 g/mol. The Morgan fingerprint density at radius 2 is 1.08 bits per heavy atom. The number of benzene rings is 3. The predicted octanol–water partition coefficient (Wildman–Crippen LogP) is 4.12. The molecule has 0 aliphatic carbocycles. The third kappa shape index (κ3) is 3.71. The molecule has 0 aromatic heterocycles. The second-order valence-electron chi connectivity index (χ2n) is 5.78. The molecule has 0 N–H and O–H groups in total. The Balaban J connectivity index is 1.95. The number of ether oxygens (including phenoxy) is 2. The number of fused-ring (bicyclic) bond motifs is 2. The van der Waals surface area contributed by atoms with Crippen molar-refractivity contribution in [3.63, 3.8) is 0 Å². The maximum atomic E-state index is 10.9. The standard InChI is InChI=1S/C20H18O4/c1-13(21)23-11-15-3-5-17-9-18-6-4-16(12-24-14(2)22)8-20(18)10-19(17)7-15/h3-10H,11-12H2,1-2H3. The number of rotatable bonds is 4. The highest BCUT2D eigenvalue weighted by Gasteiger charge is 2.04. The second-order valence-corrected chi connectivity index (χ2v) is 5.78. The highest BCUT2D eigenvalue weighted by atomic mass is 16.5. The summed E-state index contributed by atoms with van der Waals surface area (Å²) in [6.07, 6.45) is 0. The van der Waals surface area contributed by atoms with Gasteiger partial charge in [-0.3, -0.25) is 9.59 Å². The monoisotopic (exact) mass is 322 g/mol. The van der Waals surface area contributed by atoms with E-state index in [9.17, 15) is 9.59 Å². The third-order valence-electron chi connectivity index (χ3n) is 3.81. The van der Waals surface area contributed by atoms with Gasteiger partial charge in [-0.1, -0.05) is 24.3 Å². The Kier molecular flexibility index (Phi) is 4.47. The largest absolute Gasteiger partial charge is 0.461 e. The Bertz CT molecular complexity index is 854. The molecule has 0 bridgehead atoms. The van der Waals surface area contributed by atoms with Crippen LogP contribution >= 0.6 is 0 Å². The molecule has 0 amide bonds. The fraction of sp³-hybridized carbons (Fsp3) is 0.200. The van der Waals surface area contributed by atoms with Crippen molar-refractivity contribution < 1.29 is 19.1 Å². The molecule has 0 saturated carbocycles. The lowest BCUT2D eigenvalue weighted by molar-refractivity contribution is -0.143. The third-order valence-corrected chi connectivity index (χ3v) is 3.81. The van der Waals surface area contributed by atoms with Gasteiger partial charge in [-0.05, 0) is 56.9 Å². The number of hydrogen-bond donors (Lipinski definition) is 0. The van der Waals surface area contributed by atoms with Crippen LogP contribution in [0.4, 0.5) is 0 Å². The van der Waals surface area contributed by atoms with Gasteiger partial charge in [0.05, 0.1) is 0 Å². The highest BCUT2D eigenvalue weighted by molar-refractivity contribution is 5.98. The maximum Gasteiger partial charge on any atom is 0.302 e. The van der Waals surface area contributed by atoms with Crippen LogP contribution in [-0.2, 0) is 32.3 Å². The first-order valence-corrected chi connectivity index (χ1v) is 7.73. The molecule has 0 spiro atoms. The van der Waals surface area contributed by atoms with Crippen molar-refractivity contribution in [1.82, 2.24) is 0 Å². The lowest BCUT2D eigenvalue weighted by Gasteiger charge is -2.08. The smallest absolute Gasteiger partial charge is 0.302 e. The van der Waals surface area contributed by atoms with Crippen LogP contribution < -0.4 is 0 Å². The summed E-state index contributed by atoms with van der Waals surface area (Å²) >= 11 is 0. The first-order valence-electron chi connectivity index (χ1n) is 7.73. The van der Waals surface area contributed by atoms with Crippen molar-refractivity contribution in [1.29, 1.82) is 0 Å². The fourth-order valence-electron chi connectivity index (χ4n) is 2.65. The molecular formula is C20H18O4. The molecule has 24 heavy (non-hydrogen) atoms. The Morgan fingerprint density at radius 3 is 1.50 bits per heavy atom. The normalized spacial score (nSPS) is 10.8. The zero-order chi connectivity index (χ0) is 17.1. The maximum absolute atomic E-state index is 10.9. The highest BCUT2D eigenvalue weighted by Crippen LogP contribution is 2.25. The van der Waals surface area contributed by atoms with Gasteiger partial charge < -0.3 is 9.47 Å². The van der Waals surface area contributed by atoms with E-state index in [4.69, 9.17) is 9.47 Å². The van der Waals surface area contributed by atoms with Crippen LogP contribution in [0.25, 0.3) is 21.5 Å². The SMILES string of the molecule is CC(=O)OCc1ccc2cc3ccc(COC(C)=O)cc3cc2c1. The zero-order valence-electron chi connectivity index (χ0n) is 13.7. The number of hydrogen-bond acceptors (Lipinski definition) is 4. The molecule has 122 valence electrons. The van der Waals surface area contributed by atoms with Gasteiger partial charge in [0.2, 0.25) is 0 Å². The summed E-state index contributed by atoms with van der Waals surface area (Å²) in [6, 6.07) is 16.3. The van der Waals surface area contributed by atoms with E-state index >= 15 is 0 Å². The lowest BCUT2D eigenvalue weighted by Crippen LogP contribution is -1.99. The van der Waals surface area contributed by atoms with E-state index in [1.54, 1.807) is 0 Å². The van der Waals surface area contributed by atoms with E-state index in [1.165, 1.54) is 13.8 Å². The van der Waals surface area contributed by atoms with E-state index in [0.29, 0.717) is 0 Å². The van der Waals surface area contributed by atoms with E-state index < -0.39 is 0 Å². The fourth-order valence-corrected chi connectivity index (χ4v) is 2.65. The number of carbonyl (C=O) groups is 2. The van der Waals surface area contributed by atoms with Gasteiger partial charge in [-0.25, -0.2) is 0 Å². The van der Waals surface area contributed by atoms with Crippen molar-refractivity contribution in [3.8, 4) is 0 Å². The van der Waals surface area contributed by atoms with Crippen LogP contribution in [0.3, 0.4) is 0 Å². The van der Waals surface area contributed by atoms with Gasteiger partial charge >= 0.3 is 11.9 Å². The summed E-state index contributed by atoms with van der Waals surface area (Å²) in [5, 5.41) is 4.41. The average Bonchev–Trinajstić information content (AvgIpc) is 2.55. The van der Waals surface area contributed by atoms with E-state index in [0.717, 1.165) is 32.7 Å². The Labute approximate surface area is 140 Å². The van der Waals surface area contributed by atoms with Crippen LogP contribution in [0, 0.1) is 0 Å². The molecule has 0 heterocycles. The van der Waals surface area contributed by atoms with Crippen molar-refractivity contribution in [3.05, 3.63) is 59.7 Å². The van der Waals surface area contributed by atoms with E-state index in [1.807, 2.05) is 36.4 Å². The molecule has 0 radical (unpaired) electrons. The molecular weight excluding hydrogens is 304 g/mol. The Morgan fingerprint density at radius 1 is 0.667 bits per heavy atom. The van der Waals surface area contributed by atoms with Gasteiger partial charge in [0.15, 0.2) is 0 Å². The summed E-state index contributed by atoms with van der Waals surface area (Å²) in [5.41, 5.74) is 1.90. The Hall–Kier alpha value is -2.88. The molecule has 0 saturated heterocycles. The number of carbonyl (C=O) groups excluding carboxylic acids is 2. The van der Waals surface area contributed by atoms with Crippen LogP contribution in [0.5, 0.6) is 0 Å². The minimum absolute atomic E-state index is 0.274. The minimum Gasteiger partial charge on any atom is -0.461 e. The summed E-state index contributed by atoms with van der Waals surface area (Å²) in [7, 11) is 0. The quantitative estimate of drug-likeness (QED) is 0.535. The molecule has 0 aliphatic rings. The van der Waals surface area contributed by atoms with Gasteiger partial charge in [0.1, 0.15) is 13.2 Å². The van der Waals surface area contributed by atoms with E-state index in [-0.39, 0.29) is 25.2 Å². The number of esters is 2. The van der Waals surface area contributed by atoms with Crippen LogP contribution in [0.2, 0.25) is 0 Å². The van der Waals surface area contributed by atoms with Crippen molar-refractivity contribution in [2.24, 2.45) is 0 Å². The van der Waals surface area contributed by atoms with Gasteiger partial charge in [-0.15, -0.1) is 0 Å². The summed E-state index contributed by atoms with van der Waals surface area (Å²) < 4.78 is 10.1. The van der Waals surface area contributed by atoms with Gasteiger partial charge in [-0.2, -0.15) is 0 Å². The molecule has 0 aliphatic heterocycles. The molecule has 4 nitrogen and oxygen atoms in total. The van der Waals surface area contributed by atoms with Gasteiger partial charge in [0, 0.05) is 13.8 Å². The van der Waals surface area contributed by atoms with Gasteiger partial charge in [0.25, 0.3) is 0 Å². The first kappa shape index (κ1) is 16.0. The van der Waals surface area contributed by atoms with Crippen LogP contribution in [-0.4, -0.2) is 11.9 Å². The summed E-state index contributed by atoms with van der Waals surface area (Å²) in [5.74, 6) is -0.576. The molecule has 3 aromatic carbocycles. The van der Waals surface area contributed by atoms with E-state index in [2.05, 4.69) is 12.1 Å². The van der Waals surface area contributed by atoms with Crippen LogP contribution in [0.1, 0.15) is 25.0 Å². The predicted molar refractivity (Wildman–Crippen MR) is 92.4 cm³/mol. The molecule has 4 heteroatoms. The summed E-state index contributed by atoms with van der Waals surface area (Å²) in [4.78, 5) is 21.9. The zero-order valence-corrected chi connectivity index (χ0v) is 13.7. The van der Waals surface area contributed by atoms with Crippen molar-refractivity contribution >= 4 is 33.5 Å². The topological polar surface area (TPSA) is 52.6 Å². The first-order chi connectivity index (χ1) is 11.5. The molecule has 0 unspecified atom stereocenters. The molecule has 3 rings (SSSR count). The summed E-state index contributed by atoms with van der Waals surface area (Å²) in [6.45, 7) is 3.35. The van der Waals surface area contributed by atoms with Crippen molar-refractivity contribution in [2.45, 2.75) is 27.1 Å². The lowest BCUT2D eigenvalue weighted by atomic mass is 10.0. The molecule has 0 atom stereocenters.